The minimum atomic E-state index is -0.637. The highest BCUT2D eigenvalue weighted by Crippen LogP contribution is 2.30. The molecule has 0 bridgehead atoms. The van der Waals surface area contributed by atoms with Gasteiger partial charge in [-0.3, -0.25) is 4.79 Å². The predicted octanol–water partition coefficient (Wildman–Crippen LogP) is 0.995. The topological polar surface area (TPSA) is 52.6 Å². The summed E-state index contributed by atoms with van der Waals surface area (Å²) in [6.45, 7) is 6.02. The number of nitrogens with zero attached hydrogens (tertiary/aromatic N) is 1. The van der Waals surface area contributed by atoms with Crippen LogP contribution in [0.15, 0.2) is 0 Å². The third-order valence-corrected chi connectivity index (χ3v) is 3.56. The van der Waals surface area contributed by atoms with Gasteiger partial charge in [-0.05, 0) is 19.4 Å². The lowest BCUT2D eigenvalue weighted by Crippen LogP contribution is -2.45. The van der Waals surface area contributed by atoms with Gasteiger partial charge in [0.1, 0.15) is 0 Å². The number of carbonyl (C=O) groups is 1. The molecule has 1 unspecified atom stereocenters. The minimum absolute atomic E-state index is 0.0232. The van der Waals surface area contributed by atoms with E-state index in [1.165, 1.54) is 0 Å². The zero-order chi connectivity index (χ0) is 12.9. The Labute approximate surface area is 104 Å². The fraction of sp³-hybridized carbons (Fsp3) is 0.923. The van der Waals surface area contributed by atoms with Crippen LogP contribution >= 0.6 is 0 Å². The van der Waals surface area contributed by atoms with Crippen LogP contribution in [0.4, 0.5) is 0 Å². The molecule has 1 atom stereocenters. The molecule has 1 aliphatic rings. The van der Waals surface area contributed by atoms with Gasteiger partial charge in [0.15, 0.2) is 0 Å². The second-order valence-electron chi connectivity index (χ2n) is 5.33. The van der Waals surface area contributed by atoms with Crippen molar-refractivity contribution in [3.8, 4) is 0 Å². The smallest absolute Gasteiger partial charge is 0.226 e. The Morgan fingerprint density at radius 1 is 1.47 bits per heavy atom. The predicted molar refractivity (Wildman–Crippen MR) is 68.8 cm³/mol. The summed E-state index contributed by atoms with van der Waals surface area (Å²) in [4.78, 5) is 13.7. The first-order chi connectivity index (χ1) is 7.98. The summed E-state index contributed by atoms with van der Waals surface area (Å²) < 4.78 is 0. The van der Waals surface area contributed by atoms with E-state index in [-0.39, 0.29) is 11.8 Å². The molecule has 0 saturated heterocycles. The Kier molecular flexibility index (Phi) is 5.40. The summed E-state index contributed by atoms with van der Waals surface area (Å²) in [7, 11) is 1.79. The third kappa shape index (κ3) is 4.28. The first-order valence-electron chi connectivity index (χ1n) is 6.66. The highest BCUT2D eigenvalue weighted by Gasteiger charge is 2.34. The Balaban J connectivity index is 2.40. The van der Waals surface area contributed by atoms with Crippen LogP contribution in [0.5, 0.6) is 0 Å². The fourth-order valence-corrected chi connectivity index (χ4v) is 2.53. The molecule has 4 heteroatoms. The molecule has 0 aromatic carbocycles. The van der Waals surface area contributed by atoms with Gasteiger partial charge < -0.3 is 15.3 Å². The molecule has 100 valence electrons. The Morgan fingerprint density at radius 3 is 2.59 bits per heavy atom. The van der Waals surface area contributed by atoms with Crippen molar-refractivity contribution in [1.82, 2.24) is 10.2 Å². The molecule has 1 rings (SSSR count). The number of nitrogens with one attached hydrogen (secondary N) is 1. The molecule has 4 nitrogen and oxygen atoms in total. The van der Waals surface area contributed by atoms with Crippen LogP contribution in [0.2, 0.25) is 0 Å². The number of likely N-dealkylation sites (N-methyl/N-ethyl adjacent to an activating group) is 1. The van der Waals surface area contributed by atoms with E-state index < -0.39 is 5.60 Å². The van der Waals surface area contributed by atoms with E-state index in [1.54, 1.807) is 11.9 Å². The van der Waals surface area contributed by atoms with Gasteiger partial charge in [0.25, 0.3) is 0 Å². The molecule has 0 aliphatic heterocycles. The zero-order valence-electron chi connectivity index (χ0n) is 11.3. The molecule has 1 amide bonds. The molecule has 2 N–H and O–H groups in total. The van der Waals surface area contributed by atoms with E-state index in [0.717, 1.165) is 32.2 Å². The van der Waals surface area contributed by atoms with E-state index in [1.807, 2.05) is 13.8 Å². The van der Waals surface area contributed by atoms with Crippen molar-refractivity contribution < 1.29 is 9.90 Å². The largest absolute Gasteiger partial charge is 0.388 e. The van der Waals surface area contributed by atoms with Crippen molar-refractivity contribution in [2.24, 2.45) is 5.92 Å². The van der Waals surface area contributed by atoms with Crippen molar-refractivity contribution in [3.05, 3.63) is 0 Å². The fourth-order valence-electron chi connectivity index (χ4n) is 2.53. The first-order valence-corrected chi connectivity index (χ1v) is 6.66. The van der Waals surface area contributed by atoms with Crippen molar-refractivity contribution in [3.63, 3.8) is 0 Å². The molecule has 1 saturated carbocycles. The average molecular weight is 242 g/mol. The van der Waals surface area contributed by atoms with E-state index >= 15 is 0 Å². The number of aliphatic hydroxyl groups is 1. The zero-order valence-corrected chi connectivity index (χ0v) is 11.3. The SMILES string of the molecule is CCNCC(C)C(=O)N(C)CC1(O)CCCC1. The van der Waals surface area contributed by atoms with Crippen LogP contribution in [-0.2, 0) is 4.79 Å². The van der Waals surface area contributed by atoms with Gasteiger partial charge in [0.2, 0.25) is 5.91 Å². The van der Waals surface area contributed by atoms with Gasteiger partial charge in [-0.2, -0.15) is 0 Å². The Bertz CT molecular complexity index is 250. The molecule has 0 aromatic rings. The number of hydrogen-bond donors (Lipinski definition) is 2. The van der Waals surface area contributed by atoms with E-state index in [9.17, 15) is 9.90 Å². The van der Waals surface area contributed by atoms with Gasteiger partial charge in [-0.25, -0.2) is 0 Å². The lowest BCUT2D eigenvalue weighted by Gasteiger charge is -2.30. The number of rotatable bonds is 6. The van der Waals surface area contributed by atoms with Gasteiger partial charge in [-0.1, -0.05) is 26.7 Å². The summed E-state index contributed by atoms with van der Waals surface area (Å²) in [5.74, 6) is 0.0937. The molecule has 0 radical (unpaired) electrons. The second-order valence-corrected chi connectivity index (χ2v) is 5.33. The highest BCUT2D eigenvalue weighted by molar-refractivity contribution is 5.78. The van der Waals surface area contributed by atoms with Crippen molar-refractivity contribution in [2.45, 2.75) is 45.1 Å². The standard InChI is InChI=1S/C13H26N2O2/c1-4-14-9-11(2)12(16)15(3)10-13(17)7-5-6-8-13/h11,14,17H,4-10H2,1-3H3. The molecule has 0 spiro atoms. The average Bonchev–Trinajstić information content (AvgIpc) is 2.71. The monoisotopic (exact) mass is 242 g/mol. The highest BCUT2D eigenvalue weighted by atomic mass is 16.3. The van der Waals surface area contributed by atoms with Crippen molar-refractivity contribution in [2.75, 3.05) is 26.7 Å². The van der Waals surface area contributed by atoms with Crippen LogP contribution < -0.4 is 5.32 Å². The maximum absolute atomic E-state index is 12.1. The summed E-state index contributed by atoms with van der Waals surface area (Å²) >= 11 is 0. The second kappa shape index (κ2) is 6.36. The first kappa shape index (κ1) is 14.5. The quantitative estimate of drug-likeness (QED) is 0.730. The molecule has 0 aromatic heterocycles. The third-order valence-electron chi connectivity index (χ3n) is 3.56. The maximum Gasteiger partial charge on any atom is 0.226 e. The van der Waals surface area contributed by atoms with Crippen LogP contribution in [0.1, 0.15) is 39.5 Å². The van der Waals surface area contributed by atoms with Crippen LogP contribution in [0.3, 0.4) is 0 Å². The van der Waals surface area contributed by atoms with E-state index in [4.69, 9.17) is 0 Å². The van der Waals surface area contributed by atoms with E-state index in [0.29, 0.717) is 13.1 Å². The lowest BCUT2D eigenvalue weighted by atomic mass is 10.0. The van der Waals surface area contributed by atoms with Gasteiger partial charge >= 0.3 is 0 Å². The summed E-state index contributed by atoms with van der Waals surface area (Å²) in [6.07, 6.45) is 3.80. The van der Waals surface area contributed by atoms with Gasteiger partial charge in [0, 0.05) is 26.1 Å². The van der Waals surface area contributed by atoms with Crippen LogP contribution in [0, 0.1) is 5.92 Å². The number of carbonyl (C=O) groups excluding carboxylic acids is 1. The summed E-state index contributed by atoms with van der Waals surface area (Å²) in [5.41, 5.74) is -0.637. The summed E-state index contributed by atoms with van der Waals surface area (Å²) in [6, 6.07) is 0. The molecular formula is C13H26N2O2. The number of hydrogen-bond acceptors (Lipinski definition) is 3. The van der Waals surface area contributed by atoms with Gasteiger partial charge in [0.05, 0.1) is 5.60 Å². The van der Waals surface area contributed by atoms with Crippen LogP contribution in [0.25, 0.3) is 0 Å². The van der Waals surface area contributed by atoms with Crippen molar-refractivity contribution >= 4 is 5.91 Å². The molecule has 1 fully saturated rings. The lowest BCUT2D eigenvalue weighted by molar-refractivity contribution is -0.136. The van der Waals surface area contributed by atoms with Gasteiger partial charge in [-0.15, -0.1) is 0 Å². The summed E-state index contributed by atoms with van der Waals surface area (Å²) in [5, 5.41) is 13.4. The van der Waals surface area contributed by atoms with E-state index in [2.05, 4.69) is 5.32 Å². The minimum Gasteiger partial charge on any atom is -0.388 e. The normalized spacial score (nSPS) is 20.2. The van der Waals surface area contributed by atoms with Crippen LogP contribution in [-0.4, -0.2) is 48.2 Å². The molecular weight excluding hydrogens is 216 g/mol. The molecule has 1 aliphatic carbocycles. The van der Waals surface area contributed by atoms with Crippen molar-refractivity contribution in [1.29, 1.82) is 0 Å². The Morgan fingerprint density at radius 2 is 2.06 bits per heavy atom. The molecule has 0 heterocycles. The Hall–Kier alpha value is -0.610. The maximum atomic E-state index is 12.1. The molecule has 17 heavy (non-hydrogen) atoms. The number of amides is 1.